The predicted molar refractivity (Wildman–Crippen MR) is 112 cm³/mol. The van der Waals surface area contributed by atoms with Crippen molar-refractivity contribution in [3.63, 3.8) is 0 Å². The number of nitrogens with one attached hydrogen (secondary N) is 2. The van der Waals surface area contributed by atoms with Gasteiger partial charge in [-0.25, -0.2) is 0 Å². The van der Waals surface area contributed by atoms with E-state index in [0.717, 1.165) is 28.5 Å². The van der Waals surface area contributed by atoms with E-state index >= 15 is 0 Å². The van der Waals surface area contributed by atoms with Gasteiger partial charge in [0.05, 0.1) is 0 Å². The fourth-order valence-corrected chi connectivity index (χ4v) is 3.21. The number of carbonyl (C=O) groups is 2. The van der Waals surface area contributed by atoms with Crippen molar-refractivity contribution in [1.82, 2.24) is 10.3 Å². The Labute approximate surface area is 178 Å². The lowest BCUT2D eigenvalue weighted by atomic mass is 10.1. The van der Waals surface area contributed by atoms with Crippen LogP contribution in [0.3, 0.4) is 0 Å². The van der Waals surface area contributed by atoms with Crippen LogP contribution in [0.2, 0.25) is 0 Å². The molecule has 0 fully saturated rings. The van der Waals surface area contributed by atoms with E-state index in [1.807, 2.05) is 30.5 Å². The summed E-state index contributed by atoms with van der Waals surface area (Å²) in [5, 5.41) is 3.81. The second-order valence-corrected chi connectivity index (χ2v) is 7.00. The molecule has 2 N–H and O–H groups in total. The smallest absolute Gasteiger partial charge is 0.387 e. The van der Waals surface area contributed by atoms with E-state index in [4.69, 9.17) is 4.74 Å². The van der Waals surface area contributed by atoms with Crippen LogP contribution in [0.15, 0.2) is 54.7 Å². The summed E-state index contributed by atoms with van der Waals surface area (Å²) in [6, 6.07) is 14.2. The molecule has 1 heterocycles. The van der Waals surface area contributed by atoms with Crippen LogP contribution in [0, 0.1) is 0 Å². The lowest BCUT2D eigenvalue weighted by Gasteiger charge is -2.08. The number of para-hydroxylation sites is 1. The highest BCUT2D eigenvalue weighted by Gasteiger charge is 2.09. The number of hydrogen-bond donors (Lipinski definition) is 2. The molecule has 0 unspecified atom stereocenters. The number of aryl methyl sites for hydroxylation is 1. The minimum absolute atomic E-state index is 0.0828. The average molecular weight is 430 g/mol. The molecule has 0 aliphatic heterocycles. The lowest BCUT2D eigenvalue weighted by molar-refractivity contribution is -0.148. The second-order valence-electron chi connectivity index (χ2n) is 7.00. The molecular weight excluding hydrogens is 406 g/mol. The predicted octanol–water partition coefficient (Wildman–Crippen LogP) is 3.99. The van der Waals surface area contributed by atoms with Crippen LogP contribution >= 0.6 is 0 Å². The summed E-state index contributed by atoms with van der Waals surface area (Å²) in [5.74, 6) is -0.716. The van der Waals surface area contributed by atoms with E-state index < -0.39 is 12.6 Å². The van der Waals surface area contributed by atoms with Crippen molar-refractivity contribution < 1.29 is 27.8 Å². The number of ether oxygens (including phenoxy) is 2. The van der Waals surface area contributed by atoms with Crippen LogP contribution < -0.4 is 10.1 Å². The molecule has 1 aromatic heterocycles. The van der Waals surface area contributed by atoms with Crippen LogP contribution in [0.1, 0.15) is 24.0 Å². The molecule has 3 aromatic rings. The van der Waals surface area contributed by atoms with Gasteiger partial charge in [0.25, 0.3) is 5.91 Å². The normalized spacial score (nSPS) is 10.9. The van der Waals surface area contributed by atoms with Crippen molar-refractivity contribution in [2.24, 2.45) is 0 Å². The Balaban J connectivity index is 1.29. The number of rotatable bonds is 11. The van der Waals surface area contributed by atoms with Gasteiger partial charge in [-0.1, -0.05) is 30.3 Å². The van der Waals surface area contributed by atoms with Crippen LogP contribution in [0.5, 0.6) is 5.75 Å². The van der Waals surface area contributed by atoms with Gasteiger partial charge in [0.2, 0.25) is 0 Å². The lowest BCUT2D eigenvalue weighted by Crippen LogP contribution is -2.30. The molecular formula is C23H24F2N2O4. The highest BCUT2D eigenvalue weighted by Crippen LogP contribution is 2.19. The first-order chi connectivity index (χ1) is 15.0. The molecule has 0 spiro atoms. The molecule has 0 aliphatic carbocycles. The second kappa shape index (κ2) is 11.1. The van der Waals surface area contributed by atoms with Crippen LogP contribution in [0.25, 0.3) is 10.9 Å². The van der Waals surface area contributed by atoms with Crippen molar-refractivity contribution in [3.8, 4) is 5.75 Å². The van der Waals surface area contributed by atoms with Crippen molar-refractivity contribution in [1.29, 1.82) is 0 Å². The van der Waals surface area contributed by atoms with Gasteiger partial charge in [0.15, 0.2) is 6.61 Å². The third kappa shape index (κ3) is 7.09. The first-order valence-corrected chi connectivity index (χ1v) is 10.0. The quantitative estimate of drug-likeness (QED) is 0.451. The minimum Gasteiger partial charge on any atom is -0.456 e. The Morgan fingerprint density at radius 2 is 1.81 bits per heavy atom. The molecule has 6 nitrogen and oxygen atoms in total. The molecule has 2 aromatic carbocycles. The summed E-state index contributed by atoms with van der Waals surface area (Å²) in [6.07, 6.45) is 4.07. The van der Waals surface area contributed by atoms with E-state index in [1.165, 1.54) is 12.1 Å². The van der Waals surface area contributed by atoms with E-state index in [9.17, 15) is 18.4 Å². The number of halogens is 2. The SMILES string of the molecule is O=C(COC(=O)CCCc1c[nH]c2ccccc12)NCCc1ccc(OC(F)F)cc1. The molecule has 3 rings (SSSR count). The topological polar surface area (TPSA) is 80.4 Å². The number of benzene rings is 2. The van der Waals surface area contributed by atoms with Gasteiger partial charge in [-0.05, 0) is 48.6 Å². The summed E-state index contributed by atoms with van der Waals surface area (Å²) in [7, 11) is 0. The third-order valence-corrected chi connectivity index (χ3v) is 4.75. The fourth-order valence-electron chi connectivity index (χ4n) is 3.21. The number of amides is 1. The molecule has 8 heteroatoms. The first-order valence-electron chi connectivity index (χ1n) is 10.0. The standard InChI is InChI=1S/C23H24F2N2O4/c24-23(25)31-18-10-8-16(9-11-18)12-13-26-21(28)15-30-22(29)7-3-4-17-14-27-20-6-2-1-5-19(17)20/h1-2,5-6,8-11,14,23,27H,3-4,7,12-13,15H2,(H,26,28). The highest BCUT2D eigenvalue weighted by molar-refractivity contribution is 5.83. The number of aromatic nitrogens is 1. The van der Waals surface area contributed by atoms with E-state index in [1.54, 1.807) is 12.1 Å². The van der Waals surface area contributed by atoms with Gasteiger partial charge < -0.3 is 19.8 Å². The number of H-pyrrole nitrogens is 1. The van der Waals surface area contributed by atoms with Crippen molar-refractivity contribution in [2.75, 3.05) is 13.2 Å². The number of esters is 1. The number of carbonyl (C=O) groups excluding carboxylic acids is 2. The Morgan fingerprint density at radius 1 is 1.03 bits per heavy atom. The van der Waals surface area contributed by atoms with Crippen LogP contribution in [-0.4, -0.2) is 36.6 Å². The Morgan fingerprint density at radius 3 is 2.58 bits per heavy atom. The largest absolute Gasteiger partial charge is 0.456 e. The molecule has 0 saturated heterocycles. The monoisotopic (exact) mass is 430 g/mol. The zero-order valence-electron chi connectivity index (χ0n) is 16.9. The molecule has 31 heavy (non-hydrogen) atoms. The Bertz CT molecular complexity index is 1000. The van der Waals surface area contributed by atoms with E-state index in [-0.39, 0.29) is 24.7 Å². The summed E-state index contributed by atoms with van der Waals surface area (Å²) < 4.78 is 33.5. The maximum absolute atomic E-state index is 12.1. The summed E-state index contributed by atoms with van der Waals surface area (Å²) in [5.41, 5.74) is 3.07. The van der Waals surface area contributed by atoms with E-state index in [0.29, 0.717) is 19.4 Å². The molecule has 0 saturated carbocycles. The summed E-state index contributed by atoms with van der Waals surface area (Å²) in [6.45, 7) is -2.85. The maximum atomic E-state index is 12.1. The maximum Gasteiger partial charge on any atom is 0.387 e. The molecule has 164 valence electrons. The summed E-state index contributed by atoms with van der Waals surface area (Å²) in [4.78, 5) is 26.9. The Kier molecular flexibility index (Phi) is 7.98. The molecule has 0 aliphatic rings. The third-order valence-electron chi connectivity index (χ3n) is 4.75. The van der Waals surface area contributed by atoms with Crippen LogP contribution in [0.4, 0.5) is 8.78 Å². The van der Waals surface area contributed by atoms with Gasteiger partial charge in [-0.2, -0.15) is 8.78 Å². The molecule has 0 atom stereocenters. The number of alkyl halides is 2. The zero-order valence-corrected chi connectivity index (χ0v) is 16.9. The van der Waals surface area contributed by atoms with Gasteiger partial charge in [-0.15, -0.1) is 0 Å². The molecule has 1 amide bonds. The molecule has 0 radical (unpaired) electrons. The van der Waals surface area contributed by atoms with Crippen molar-refractivity contribution in [3.05, 3.63) is 65.9 Å². The zero-order chi connectivity index (χ0) is 22.1. The number of fused-ring (bicyclic) bond motifs is 1. The van der Waals surface area contributed by atoms with Gasteiger partial charge in [0, 0.05) is 30.1 Å². The first kappa shape index (κ1) is 22.3. The number of hydrogen-bond acceptors (Lipinski definition) is 4. The van der Waals surface area contributed by atoms with Crippen molar-refractivity contribution in [2.45, 2.75) is 32.3 Å². The summed E-state index contributed by atoms with van der Waals surface area (Å²) >= 11 is 0. The highest BCUT2D eigenvalue weighted by atomic mass is 19.3. The van der Waals surface area contributed by atoms with Crippen molar-refractivity contribution >= 4 is 22.8 Å². The minimum atomic E-state index is -2.86. The van der Waals surface area contributed by atoms with Crippen LogP contribution in [-0.2, 0) is 27.2 Å². The van der Waals surface area contributed by atoms with Gasteiger partial charge in [0.1, 0.15) is 5.75 Å². The Hall–Kier alpha value is -3.42. The average Bonchev–Trinajstić information content (AvgIpc) is 3.16. The fraction of sp³-hybridized carbons (Fsp3) is 0.304. The van der Waals surface area contributed by atoms with Gasteiger partial charge in [-0.3, -0.25) is 9.59 Å². The van der Waals surface area contributed by atoms with Gasteiger partial charge >= 0.3 is 12.6 Å². The molecule has 0 bridgehead atoms. The number of aromatic amines is 1. The van der Waals surface area contributed by atoms with E-state index in [2.05, 4.69) is 15.0 Å².